The summed E-state index contributed by atoms with van der Waals surface area (Å²) in [6.45, 7) is 2.89. The molecule has 98 valence electrons. The van der Waals surface area contributed by atoms with Gasteiger partial charge in [0.15, 0.2) is 0 Å². The van der Waals surface area contributed by atoms with Crippen LogP contribution in [0.3, 0.4) is 0 Å². The van der Waals surface area contributed by atoms with E-state index in [-0.39, 0.29) is 5.41 Å². The largest absolute Gasteiger partial charge is 0.480 e. The van der Waals surface area contributed by atoms with Crippen LogP contribution < -0.4 is 5.32 Å². The minimum atomic E-state index is -0.726. The molecule has 1 aliphatic rings. The van der Waals surface area contributed by atoms with E-state index >= 15 is 0 Å². The highest BCUT2D eigenvalue weighted by atomic mass is 16.4. The normalized spacial score (nSPS) is 18.3. The Balaban J connectivity index is 1.77. The molecule has 0 aromatic heterocycles. The van der Waals surface area contributed by atoms with Gasteiger partial charge in [0.05, 0.1) is 0 Å². The maximum atomic E-state index is 11.2. The zero-order chi connectivity index (χ0) is 13.0. The molecule has 0 radical (unpaired) electrons. The van der Waals surface area contributed by atoms with Crippen LogP contribution in [0.5, 0.6) is 0 Å². The molecule has 3 nitrogen and oxygen atoms in total. The molecule has 0 bridgehead atoms. The third-order valence-corrected chi connectivity index (χ3v) is 3.75. The molecule has 1 aromatic carbocycles. The van der Waals surface area contributed by atoms with Gasteiger partial charge in [0.2, 0.25) is 0 Å². The summed E-state index contributed by atoms with van der Waals surface area (Å²) in [6, 6.07) is 9.75. The second-order valence-corrected chi connectivity index (χ2v) is 5.60. The van der Waals surface area contributed by atoms with Crippen LogP contribution in [0.15, 0.2) is 30.3 Å². The third kappa shape index (κ3) is 3.84. The van der Waals surface area contributed by atoms with E-state index in [1.165, 1.54) is 5.56 Å². The first-order valence-corrected chi connectivity index (χ1v) is 6.59. The zero-order valence-electron chi connectivity index (χ0n) is 10.9. The first kappa shape index (κ1) is 13.1. The van der Waals surface area contributed by atoms with Crippen LogP contribution in [0, 0.1) is 5.41 Å². The van der Waals surface area contributed by atoms with Gasteiger partial charge in [0.25, 0.3) is 0 Å². The van der Waals surface area contributed by atoms with Gasteiger partial charge in [-0.2, -0.15) is 0 Å². The lowest BCUT2D eigenvalue weighted by molar-refractivity contribution is -0.140. The molecular formula is C15H21NO2. The van der Waals surface area contributed by atoms with E-state index in [2.05, 4.69) is 24.4 Å². The standard InChI is InChI=1S/C15H21NO2/c1-15(8-9-15)11-13(14(17)18)16-10-7-12-5-3-2-4-6-12/h2-6,13,16H,7-11H2,1H3,(H,17,18)/t13-/m1/s1. The first-order valence-electron chi connectivity index (χ1n) is 6.59. The van der Waals surface area contributed by atoms with E-state index in [0.717, 1.165) is 32.2 Å². The van der Waals surface area contributed by atoms with Gasteiger partial charge < -0.3 is 10.4 Å². The summed E-state index contributed by atoms with van der Waals surface area (Å²) < 4.78 is 0. The average molecular weight is 247 g/mol. The Hall–Kier alpha value is -1.35. The Morgan fingerprint density at radius 2 is 2.06 bits per heavy atom. The van der Waals surface area contributed by atoms with Crippen molar-refractivity contribution in [2.24, 2.45) is 5.41 Å². The number of benzene rings is 1. The van der Waals surface area contributed by atoms with Gasteiger partial charge in [0, 0.05) is 0 Å². The smallest absolute Gasteiger partial charge is 0.320 e. The molecule has 1 saturated carbocycles. The van der Waals surface area contributed by atoms with Gasteiger partial charge in [-0.25, -0.2) is 0 Å². The second kappa shape index (κ2) is 5.53. The molecule has 0 unspecified atom stereocenters. The van der Waals surface area contributed by atoms with Crippen molar-refractivity contribution in [3.8, 4) is 0 Å². The monoisotopic (exact) mass is 247 g/mol. The zero-order valence-corrected chi connectivity index (χ0v) is 10.9. The number of rotatable bonds is 7. The topological polar surface area (TPSA) is 49.3 Å². The lowest BCUT2D eigenvalue weighted by Gasteiger charge is -2.18. The molecule has 1 fully saturated rings. The van der Waals surface area contributed by atoms with Crippen LogP contribution >= 0.6 is 0 Å². The number of hydrogen-bond donors (Lipinski definition) is 2. The molecule has 0 spiro atoms. The molecule has 1 aliphatic carbocycles. The molecule has 2 rings (SSSR count). The molecule has 1 atom stereocenters. The SMILES string of the molecule is CC1(C[C@@H](NCCc2ccccc2)C(=O)O)CC1. The predicted octanol–water partition coefficient (Wildman–Crippen LogP) is 2.46. The summed E-state index contributed by atoms with van der Waals surface area (Å²) in [5.74, 6) is -0.726. The lowest BCUT2D eigenvalue weighted by Crippen LogP contribution is -2.39. The van der Waals surface area contributed by atoms with Gasteiger partial charge in [-0.05, 0) is 43.2 Å². The van der Waals surface area contributed by atoms with Crippen LogP contribution in [0.4, 0.5) is 0 Å². The summed E-state index contributed by atoms with van der Waals surface area (Å²) >= 11 is 0. The number of aliphatic carboxylic acids is 1. The number of carboxylic acid groups (broad SMARTS) is 1. The summed E-state index contributed by atoms with van der Waals surface area (Å²) in [6.07, 6.45) is 3.95. The summed E-state index contributed by atoms with van der Waals surface area (Å²) in [5.41, 5.74) is 1.51. The van der Waals surface area contributed by atoms with Crippen LogP contribution in [-0.4, -0.2) is 23.7 Å². The Morgan fingerprint density at radius 1 is 1.39 bits per heavy atom. The van der Waals surface area contributed by atoms with Crippen molar-refractivity contribution in [2.75, 3.05) is 6.54 Å². The number of carbonyl (C=O) groups is 1. The fourth-order valence-corrected chi connectivity index (χ4v) is 2.19. The number of carboxylic acids is 1. The highest BCUT2D eigenvalue weighted by Gasteiger charge is 2.40. The van der Waals surface area contributed by atoms with E-state index in [0.29, 0.717) is 0 Å². The number of nitrogens with one attached hydrogen (secondary N) is 1. The third-order valence-electron chi connectivity index (χ3n) is 3.75. The molecule has 0 amide bonds. The molecule has 18 heavy (non-hydrogen) atoms. The van der Waals surface area contributed by atoms with E-state index in [1.54, 1.807) is 0 Å². The lowest BCUT2D eigenvalue weighted by atomic mass is 9.99. The molecule has 1 aromatic rings. The van der Waals surface area contributed by atoms with E-state index in [9.17, 15) is 9.90 Å². The summed E-state index contributed by atoms with van der Waals surface area (Å²) in [5, 5.41) is 12.4. The van der Waals surface area contributed by atoms with E-state index in [4.69, 9.17) is 0 Å². The summed E-state index contributed by atoms with van der Waals surface area (Å²) in [7, 11) is 0. The highest BCUT2D eigenvalue weighted by Crippen LogP contribution is 2.48. The molecular weight excluding hydrogens is 226 g/mol. The molecule has 0 saturated heterocycles. The summed E-state index contributed by atoms with van der Waals surface area (Å²) in [4.78, 5) is 11.2. The van der Waals surface area contributed by atoms with Crippen LogP contribution in [-0.2, 0) is 11.2 Å². The quantitative estimate of drug-likeness (QED) is 0.778. The average Bonchev–Trinajstić information content (AvgIpc) is 3.07. The maximum Gasteiger partial charge on any atom is 0.320 e. The van der Waals surface area contributed by atoms with Crippen molar-refractivity contribution in [1.29, 1.82) is 0 Å². The van der Waals surface area contributed by atoms with Crippen molar-refractivity contribution in [3.05, 3.63) is 35.9 Å². The Bertz CT molecular complexity index is 398. The Labute approximate surface area is 108 Å². The van der Waals surface area contributed by atoms with Crippen molar-refractivity contribution < 1.29 is 9.90 Å². The first-order chi connectivity index (χ1) is 8.59. The Kier molecular flexibility index (Phi) is 4.02. The minimum Gasteiger partial charge on any atom is -0.480 e. The fraction of sp³-hybridized carbons (Fsp3) is 0.533. The van der Waals surface area contributed by atoms with Crippen LogP contribution in [0.25, 0.3) is 0 Å². The van der Waals surface area contributed by atoms with Gasteiger partial charge in [0.1, 0.15) is 6.04 Å². The van der Waals surface area contributed by atoms with Crippen molar-refractivity contribution in [2.45, 2.75) is 38.6 Å². The van der Waals surface area contributed by atoms with E-state index < -0.39 is 12.0 Å². The fourth-order valence-electron chi connectivity index (χ4n) is 2.19. The van der Waals surface area contributed by atoms with Crippen LogP contribution in [0.1, 0.15) is 31.7 Å². The van der Waals surface area contributed by atoms with Gasteiger partial charge >= 0.3 is 5.97 Å². The molecule has 0 heterocycles. The maximum absolute atomic E-state index is 11.2. The predicted molar refractivity (Wildman–Crippen MR) is 71.5 cm³/mol. The van der Waals surface area contributed by atoms with Gasteiger partial charge in [-0.15, -0.1) is 0 Å². The van der Waals surface area contributed by atoms with Gasteiger partial charge in [-0.3, -0.25) is 4.79 Å². The second-order valence-electron chi connectivity index (χ2n) is 5.60. The highest BCUT2D eigenvalue weighted by molar-refractivity contribution is 5.73. The van der Waals surface area contributed by atoms with Crippen molar-refractivity contribution in [1.82, 2.24) is 5.32 Å². The molecule has 2 N–H and O–H groups in total. The number of hydrogen-bond acceptors (Lipinski definition) is 2. The Morgan fingerprint density at radius 3 is 2.61 bits per heavy atom. The van der Waals surface area contributed by atoms with Gasteiger partial charge in [-0.1, -0.05) is 37.3 Å². The minimum absolute atomic E-state index is 0.267. The molecule has 3 heteroatoms. The van der Waals surface area contributed by atoms with Crippen LogP contribution in [0.2, 0.25) is 0 Å². The van der Waals surface area contributed by atoms with E-state index in [1.807, 2.05) is 18.2 Å². The van der Waals surface area contributed by atoms with Crippen molar-refractivity contribution >= 4 is 5.97 Å². The molecule has 0 aliphatic heterocycles. The van der Waals surface area contributed by atoms with Crippen molar-refractivity contribution in [3.63, 3.8) is 0 Å².